The monoisotopic (exact) mass is 528 g/mol. The first-order valence-corrected chi connectivity index (χ1v) is 9.95. The average Bonchev–Trinajstić information content (AvgIpc) is 3.14. The van der Waals surface area contributed by atoms with Gasteiger partial charge in [-0.05, 0) is 39.7 Å². The Morgan fingerprint density at radius 1 is 1.13 bits per heavy atom. The van der Waals surface area contributed by atoms with Gasteiger partial charge in [-0.15, -0.1) is 24.0 Å². The Bertz CT molecular complexity index is 786. The first kappa shape index (κ1) is 25.7. The number of hydrogen-bond acceptors (Lipinski definition) is 4. The molecular formula is C21H33IN6O2. The van der Waals surface area contributed by atoms with Gasteiger partial charge in [-0.2, -0.15) is 0 Å². The molecule has 0 saturated carbocycles. The summed E-state index contributed by atoms with van der Waals surface area (Å²) in [5.74, 6) is 1.51. The Morgan fingerprint density at radius 3 is 2.50 bits per heavy atom. The van der Waals surface area contributed by atoms with Crippen molar-refractivity contribution in [2.75, 3.05) is 19.6 Å². The summed E-state index contributed by atoms with van der Waals surface area (Å²) in [5.41, 5.74) is 1.58. The van der Waals surface area contributed by atoms with Gasteiger partial charge in [0.25, 0.3) is 0 Å². The Balaban J connectivity index is 0.00000450. The van der Waals surface area contributed by atoms with E-state index in [1.165, 1.54) is 0 Å². The number of aromatic amines is 1. The maximum absolute atomic E-state index is 11.6. The third kappa shape index (κ3) is 9.95. The van der Waals surface area contributed by atoms with Crippen molar-refractivity contribution in [3.63, 3.8) is 0 Å². The highest BCUT2D eigenvalue weighted by Crippen LogP contribution is 2.16. The molecule has 1 aromatic carbocycles. The largest absolute Gasteiger partial charge is 0.444 e. The molecule has 0 aliphatic heterocycles. The van der Waals surface area contributed by atoms with Crippen LogP contribution < -0.4 is 16.0 Å². The number of benzene rings is 1. The number of nitrogens with zero attached hydrogens (tertiary/aromatic N) is 2. The zero-order valence-corrected chi connectivity index (χ0v) is 20.4. The molecule has 0 bridgehead atoms. The van der Waals surface area contributed by atoms with Crippen LogP contribution in [0, 0.1) is 0 Å². The maximum Gasteiger partial charge on any atom is 0.407 e. The number of carbonyl (C=O) groups is 1. The second kappa shape index (κ2) is 13.1. The lowest BCUT2D eigenvalue weighted by Gasteiger charge is -2.19. The number of alkyl carbamates (subject to hydrolysis) is 1. The van der Waals surface area contributed by atoms with E-state index in [0.717, 1.165) is 30.0 Å². The highest BCUT2D eigenvalue weighted by Gasteiger charge is 2.15. The standard InChI is InChI=1S/C21H32N6O2.HI/c1-5-22-19(23-12-9-13-24-20(28)29-21(2,3)4)26-15-18-25-14-17(27-18)16-10-7-6-8-11-16;/h6-8,10-11,14H,5,9,12-13,15H2,1-4H3,(H,24,28)(H,25,27)(H2,22,23,26);1H. The van der Waals surface area contributed by atoms with Crippen molar-refractivity contribution < 1.29 is 9.53 Å². The molecule has 1 aromatic heterocycles. The van der Waals surface area contributed by atoms with Gasteiger partial charge in [0.2, 0.25) is 0 Å². The van der Waals surface area contributed by atoms with E-state index >= 15 is 0 Å². The molecule has 0 radical (unpaired) electrons. The molecule has 1 amide bonds. The number of amides is 1. The van der Waals surface area contributed by atoms with Crippen LogP contribution in [0.1, 0.15) is 39.9 Å². The van der Waals surface area contributed by atoms with E-state index < -0.39 is 11.7 Å². The topological polar surface area (TPSA) is 103 Å². The number of rotatable bonds is 8. The number of H-pyrrole nitrogens is 1. The summed E-state index contributed by atoms with van der Waals surface area (Å²) >= 11 is 0. The zero-order chi connectivity index (χ0) is 21.1. The van der Waals surface area contributed by atoms with Crippen molar-refractivity contribution in [1.29, 1.82) is 0 Å². The lowest BCUT2D eigenvalue weighted by Crippen LogP contribution is -2.39. The number of carbonyl (C=O) groups excluding carboxylic acids is 1. The van der Waals surface area contributed by atoms with Crippen molar-refractivity contribution >= 4 is 36.0 Å². The Labute approximate surface area is 195 Å². The minimum atomic E-state index is -0.487. The molecule has 0 aliphatic rings. The summed E-state index contributed by atoms with van der Waals surface area (Å²) in [6.45, 7) is 9.95. The number of aromatic nitrogens is 2. The van der Waals surface area contributed by atoms with Crippen LogP contribution in [0.4, 0.5) is 4.79 Å². The number of hydrogen-bond donors (Lipinski definition) is 4. The molecule has 0 atom stereocenters. The summed E-state index contributed by atoms with van der Waals surface area (Å²) in [6.07, 6.45) is 2.18. The summed E-state index contributed by atoms with van der Waals surface area (Å²) in [4.78, 5) is 23.9. The number of guanidine groups is 1. The minimum absolute atomic E-state index is 0. The van der Waals surface area contributed by atoms with Crippen LogP contribution in [0.2, 0.25) is 0 Å². The highest BCUT2D eigenvalue weighted by atomic mass is 127. The number of imidazole rings is 1. The van der Waals surface area contributed by atoms with Crippen LogP contribution >= 0.6 is 24.0 Å². The fraction of sp³-hybridized carbons (Fsp3) is 0.476. The van der Waals surface area contributed by atoms with Crippen molar-refractivity contribution in [2.45, 2.75) is 46.3 Å². The van der Waals surface area contributed by atoms with E-state index in [1.807, 2.05) is 64.2 Å². The van der Waals surface area contributed by atoms with Gasteiger partial charge in [0.05, 0.1) is 11.9 Å². The zero-order valence-electron chi connectivity index (χ0n) is 18.1. The van der Waals surface area contributed by atoms with Gasteiger partial charge in [0, 0.05) is 19.6 Å². The van der Waals surface area contributed by atoms with Gasteiger partial charge in [-0.1, -0.05) is 30.3 Å². The SMILES string of the molecule is CCNC(=NCc1ncc(-c2ccccc2)[nH]1)NCCCNC(=O)OC(C)(C)C.I. The van der Waals surface area contributed by atoms with Gasteiger partial charge >= 0.3 is 6.09 Å². The lowest BCUT2D eigenvalue weighted by molar-refractivity contribution is 0.0527. The molecule has 30 heavy (non-hydrogen) atoms. The molecule has 0 aliphatic carbocycles. The van der Waals surface area contributed by atoms with Gasteiger partial charge in [-0.3, -0.25) is 0 Å². The number of halogens is 1. The van der Waals surface area contributed by atoms with Crippen LogP contribution in [-0.4, -0.2) is 47.3 Å². The van der Waals surface area contributed by atoms with Gasteiger partial charge in [-0.25, -0.2) is 14.8 Å². The molecule has 9 heteroatoms. The van der Waals surface area contributed by atoms with E-state index in [9.17, 15) is 4.79 Å². The molecule has 2 aromatic rings. The van der Waals surface area contributed by atoms with E-state index in [1.54, 1.807) is 0 Å². The third-order valence-corrected chi connectivity index (χ3v) is 3.76. The van der Waals surface area contributed by atoms with Crippen LogP contribution in [0.3, 0.4) is 0 Å². The molecule has 0 spiro atoms. The van der Waals surface area contributed by atoms with Crippen LogP contribution in [0.15, 0.2) is 41.5 Å². The van der Waals surface area contributed by atoms with E-state index in [4.69, 9.17) is 4.74 Å². The second-order valence-electron chi connectivity index (χ2n) is 7.51. The molecule has 0 unspecified atom stereocenters. The summed E-state index contributed by atoms with van der Waals surface area (Å²) < 4.78 is 5.21. The Kier molecular flexibility index (Phi) is 11.2. The van der Waals surface area contributed by atoms with E-state index in [-0.39, 0.29) is 24.0 Å². The van der Waals surface area contributed by atoms with Gasteiger partial charge in [0.15, 0.2) is 5.96 Å². The Hall–Kier alpha value is -2.30. The normalized spacial score (nSPS) is 11.4. The molecular weight excluding hydrogens is 495 g/mol. The van der Waals surface area contributed by atoms with Crippen LogP contribution in [0.25, 0.3) is 11.3 Å². The fourth-order valence-electron chi connectivity index (χ4n) is 2.50. The van der Waals surface area contributed by atoms with Gasteiger partial charge in [0.1, 0.15) is 18.0 Å². The quantitative estimate of drug-likeness (QED) is 0.181. The van der Waals surface area contributed by atoms with Crippen LogP contribution in [0.5, 0.6) is 0 Å². The summed E-state index contributed by atoms with van der Waals surface area (Å²) in [5, 5.41) is 9.21. The van der Waals surface area contributed by atoms with Crippen molar-refractivity contribution in [3.8, 4) is 11.3 Å². The average molecular weight is 528 g/mol. The minimum Gasteiger partial charge on any atom is -0.444 e. The van der Waals surface area contributed by atoms with Gasteiger partial charge < -0.3 is 25.7 Å². The highest BCUT2D eigenvalue weighted by molar-refractivity contribution is 14.0. The van der Waals surface area contributed by atoms with Crippen molar-refractivity contribution in [2.24, 2.45) is 4.99 Å². The molecule has 8 nitrogen and oxygen atoms in total. The lowest BCUT2D eigenvalue weighted by atomic mass is 10.2. The molecule has 1 heterocycles. The summed E-state index contributed by atoms with van der Waals surface area (Å²) in [7, 11) is 0. The fourth-order valence-corrected chi connectivity index (χ4v) is 2.50. The van der Waals surface area contributed by atoms with Crippen molar-refractivity contribution in [3.05, 3.63) is 42.4 Å². The molecule has 0 fully saturated rings. The molecule has 2 rings (SSSR count). The van der Waals surface area contributed by atoms with E-state index in [0.29, 0.717) is 25.6 Å². The maximum atomic E-state index is 11.6. The summed E-state index contributed by atoms with van der Waals surface area (Å²) in [6, 6.07) is 10.1. The third-order valence-electron chi connectivity index (χ3n) is 3.76. The first-order chi connectivity index (χ1) is 13.9. The predicted octanol–water partition coefficient (Wildman–Crippen LogP) is 3.66. The molecule has 166 valence electrons. The van der Waals surface area contributed by atoms with Crippen molar-refractivity contribution in [1.82, 2.24) is 25.9 Å². The first-order valence-electron chi connectivity index (χ1n) is 9.95. The Morgan fingerprint density at radius 2 is 1.83 bits per heavy atom. The molecule has 0 saturated heterocycles. The predicted molar refractivity (Wildman–Crippen MR) is 131 cm³/mol. The molecule has 4 N–H and O–H groups in total. The number of ether oxygens (including phenoxy) is 1. The number of aliphatic imine (C=N–C) groups is 1. The van der Waals surface area contributed by atoms with Crippen LogP contribution in [-0.2, 0) is 11.3 Å². The smallest absolute Gasteiger partial charge is 0.407 e. The number of nitrogens with one attached hydrogen (secondary N) is 4. The van der Waals surface area contributed by atoms with E-state index in [2.05, 4.69) is 30.9 Å². The second-order valence-corrected chi connectivity index (χ2v) is 7.51.